The minimum absolute atomic E-state index is 0.749. The number of rotatable bonds is 8. The molecule has 0 amide bonds. The van der Waals surface area contributed by atoms with Crippen molar-refractivity contribution in [3.05, 3.63) is 77.9 Å². The first kappa shape index (κ1) is 19.6. The molecule has 0 spiro atoms. The molecule has 142 valence electrons. The molecule has 3 rings (SSSR count). The van der Waals surface area contributed by atoms with Gasteiger partial charge in [-0.3, -0.25) is 4.99 Å². The molecule has 0 radical (unpaired) electrons. The number of nitrogens with zero attached hydrogens (tertiary/aromatic N) is 1. The number of aryl methyl sites for hydroxylation is 1. The van der Waals surface area contributed by atoms with Crippen LogP contribution in [0.5, 0.6) is 0 Å². The van der Waals surface area contributed by atoms with E-state index >= 15 is 0 Å². The zero-order valence-corrected chi connectivity index (χ0v) is 16.7. The molecule has 0 aromatic heterocycles. The minimum Gasteiger partial charge on any atom is -0.256 e. The standard InChI is InChI=1S/C26H33N/c1-3-5-7-22-8-10-23(11-9-22)20-27-26-18-16-25(17-19-26)24-14-12-21(6-4-2)13-15-24/h3,8-11,16-21,24H,1,4-7,12-15H2,2H3. The second kappa shape index (κ2) is 10.3. The average molecular weight is 360 g/mol. The molecule has 0 atom stereocenters. The fourth-order valence-corrected chi connectivity index (χ4v) is 4.21. The van der Waals surface area contributed by atoms with Gasteiger partial charge in [0, 0.05) is 6.21 Å². The van der Waals surface area contributed by atoms with Gasteiger partial charge in [-0.15, -0.1) is 6.58 Å². The topological polar surface area (TPSA) is 12.4 Å². The summed E-state index contributed by atoms with van der Waals surface area (Å²) in [6.45, 7) is 6.09. The third-order valence-electron chi connectivity index (χ3n) is 5.89. The summed E-state index contributed by atoms with van der Waals surface area (Å²) in [4.78, 5) is 4.65. The molecule has 1 heteroatoms. The van der Waals surface area contributed by atoms with Crippen molar-refractivity contribution < 1.29 is 0 Å². The number of hydrogen-bond donors (Lipinski definition) is 0. The Kier molecular flexibility index (Phi) is 7.45. The first-order valence-corrected chi connectivity index (χ1v) is 10.6. The highest BCUT2D eigenvalue weighted by Crippen LogP contribution is 2.37. The fourth-order valence-electron chi connectivity index (χ4n) is 4.21. The van der Waals surface area contributed by atoms with E-state index in [1.54, 1.807) is 0 Å². The van der Waals surface area contributed by atoms with Crippen LogP contribution in [0.4, 0.5) is 5.69 Å². The van der Waals surface area contributed by atoms with Crippen LogP contribution in [0, 0.1) is 5.92 Å². The van der Waals surface area contributed by atoms with E-state index in [0.29, 0.717) is 0 Å². The molecule has 0 aliphatic heterocycles. The van der Waals surface area contributed by atoms with E-state index in [2.05, 4.69) is 67.0 Å². The van der Waals surface area contributed by atoms with Crippen molar-refractivity contribution in [1.82, 2.24) is 0 Å². The lowest BCUT2D eigenvalue weighted by Crippen LogP contribution is -2.13. The number of benzene rings is 2. The summed E-state index contributed by atoms with van der Waals surface area (Å²) in [5.74, 6) is 1.72. The van der Waals surface area contributed by atoms with Crippen molar-refractivity contribution >= 4 is 11.9 Å². The second-order valence-corrected chi connectivity index (χ2v) is 7.92. The molecule has 1 saturated carbocycles. The maximum absolute atomic E-state index is 4.65. The normalized spacial score (nSPS) is 20.0. The summed E-state index contributed by atoms with van der Waals surface area (Å²) < 4.78 is 0. The van der Waals surface area contributed by atoms with Gasteiger partial charge in [0.1, 0.15) is 0 Å². The van der Waals surface area contributed by atoms with Crippen LogP contribution in [-0.2, 0) is 6.42 Å². The van der Waals surface area contributed by atoms with Crippen molar-refractivity contribution in [3.63, 3.8) is 0 Å². The minimum atomic E-state index is 0.749. The Morgan fingerprint density at radius 3 is 2.30 bits per heavy atom. The van der Waals surface area contributed by atoms with E-state index in [1.807, 2.05) is 12.3 Å². The van der Waals surface area contributed by atoms with Gasteiger partial charge >= 0.3 is 0 Å². The molecule has 0 bridgehead atoms. The Bertz CT molecular complexity index is 716. The van der Waals surface area contributed by atoms with Crippen molar-refractivity contribution in [1.29, 1.82) is 0 Å². The number of allylic oxidation sites excluding steroid dienone is 1. The molecule has 1 nitrogen and oxygen atoms in total. The van der Waals surface area contributed by atoms with Gasteiger partial charge in [0.25, 0.3) is 0 Å². The third kappa shape index (κ3) is 5.92. The number of aliphatic imine (C=N–C) groups is 1. The Balaban J connectivity index is 1.54. The van der Waals surface area contributed by atoms with Crippen molar-refractivity contribution in [3.8, 4) is 0 Å². The molecular weight excluding hydrogens is 326 g/mol. The molecule has 27 heavy (non-hydrogen) atoms. The SMILES string of the molecule is C=CCCc1ccc(C=Nc2ccc(C3CCC(CCC)CC3)cc2)cc1. The molecule has 2 aromatic carbocycles. The van der Waals surface area contributed by atoms with Gasteiger partial charge in [0.05, 0.1) is 5.69 Å². The quantitative estimate of drug-likeness (QED) is 0.339. The van der Waals surface area contributed by atoms with Crippen LogP contribution in [-0.4, -0.2) is 6.21 Å². The molecule has 2 aromatic rings. The summed E-state index contributed by atoms with van der Waals surface area (Å²) in [7, 11) is 0. The van der Waals surface area contributed by atoms with Gasteiger partial charge in [-0.05, 0) is 79.2 Å². The molecule has 1 fully saturated rings. The molecule has 0 unspecified atom stereocenters. The Labute approximate surface area is 165 Å². The summed E-state index contributed by atoms with van der Waals surface area (Å²) in [5, 5.41) is 0. The highest BCUT2D eigenvalue weighted by atomic mass is 14.7. The molecular formula is C26H33N. The summed E-state index contributed by atoms with van der Waals surface area (Å²) >= 11 is 0. The van der Waals surface area contributed by atoms with Crippen molar-refractivity contribution in [2.45, 2.75) is 64.2 Å². The van der Waals surface area contributed by atoms with E-state index in [0.717, 1.165) is 35.9 Å². The summed E-state index contributed by atoms with van der Waals surface area (Å²) in [6, 6.07) is 17.6. The lowest BCUT2D eigenvalue weighted by molar-refractivity contribution is 0.308. The third-order valence-corrected chi connectivity index (χ3v) is 5.89. The van der Waals surface area contributed by atoms with Crippen molar-refractivity contribution in [2.75, 3.05) is 0 Å². The zero-order chi connectivity index (χ0) is 18.9. The first-order chi connectivity index (χ1) is 13.3. The van der Waals surface area contributed by atoms with Crippen LogP contribution in [0.2, 0.25) is 0 Å². The molecule has 1 aliphatic rings. The first-order valence-electron chi connectivity index (χ1n) is 10.6. The Hall–Kier alpha value is -2.15. The zero-order valence-electron chi connectivity index (χ0n) is 16.7. The molecule has 0 heterocycles. The molecule has 0 saturated heterocycles. The number of hydrogen-bond acceptors (Lipinski definition) is 1. The lowest BCUT2D eigenvalue weighted by atomic mass is 9.77. The second-order valence-electron chi connectivity index (χ2n) is 7.92. The highest BCUT2D eigenvalue weighted by molar-refractivity contribution is 5.81. The van der Waals surface area contributed by atoms with Gasteiger partial charge in [0.15, 0.2) is 0 Å². The van der Waals surface area contributed by atoms with Crippen LogP contribution in [0.25, 0.3) is 0 Å². The van der Waals surface area contributed by atoms with E-state index in [9.17, 15) is 0 Å². The predicted molar refractivity (Wildman–Crippen MR) is 118 cm³/mol. The monoisotopic (exact) mass is 359 g/mol. The van der Waals surface area contributed by atoms with Gasteiger partial charge in [-0.2, -0.15) is 0 Å². The average Bonchev–Trinajstić information content (AvgIpc) is 2.73. The smallest absolute Gasteiger partial charge is 0.0630 e. The lowest BCUT2D eigenvalue weighted by Gasteiger charge is -2.28. The summed E-state index contributed by atoms with van der Waals surface area (Å²) in [5.41, 5.74) is 5.03. The van der Waals surface area contributed by atoms with Crippen LogP contribution < -0.4 is 0 Å². The van der Waals surface area contributed by atoms with E-state index in [-0.39, 0.29) is 0 Å². The van der Waals surface area contributed by atoms with Crippen molar-refractivity contribution in [2.24, 2.45) is 10.9 Å². The Morgan fingerprint density at radius 2 is 1.67 bits per heavy atom. The predicted octanol–water partition coefficient (Wildman–Crippen LogP) is 7.63. The van der Waals surface area contributed by atoms with Gasteiger partial charge in [-0.1, -0.05) is 62.2 Å². The van der Waals surface area contributed by atoms with E-state index in [1.165, 1.54) is 49.7 Å². The van der Waals surface area contributed by atoms with Gasteiger partial charge < -0.3 is 0 Å². The molecule has 0 N–H and O–H groups in total. The van der Waals surface area contributed by atoms with Gasteiger partial charge in [-0.25, -0.2) is 0 Å². The fraction of sp³-hybridized carbons (Fsp3) is 0.423. The highest BCUT2D eigenvalue weighted by Gasteiger charge is 2.21. The van der Waals surface area contributed by atoms with E-state index < -0.39 is 0 Å². The Morgan fingerprint density at radius 1 is 0.963 bits per heavy atom. The summed E-state index contributed by atoms with van der Waals surface area (Å²) in [6.07, 6.45) is 14.3. The van der Waals surface area contributed by atoms with Crippen LogP contribution >= 0.6 is 0 Å². The van der Waals surface area contributed by atoms with Crippen LogP contribution in [0.15, 0.2) is 66.2 Å². The van der Waals surface area contributed by atoms with Gasteiger partial charge in [0.2, 0.25) is 0 Å². The largest absolute Gasteiger partial charge is 0.256 e. The van der Waals surface area contributed by atoms with Crippen LogP contribution in [0.1, 0.15) is 74.5 Å². The maximum Gasteiger partial charge on any atom is 0.0630 e. The van der Waals surface area contributed by atoms with E-state index in [4.69, 9.17) is 0 Å². The maximum atomic E-state index is 4.65. The molecule has 1 aliphatic carbocycles. The van der Waals surface area contributed by atoms with Crippen LogP contribution in [0.3, 0.4) is 0 Å².